The second-order valence-corrected chi connectivity index (χ2v) is 7.29. The summed E-state index contributed by atoms with van der Waals surface area (Å²) in [5.41, 5.74) is 2.04. The second kappa shape index (κ2) is 10.4. The van der Waals surface area contributed by atoms with Crippen molar-refractivity contribution in [1.29, 1.82) is 0 Å². The molecule has 7 nitrogen and oxygen atoms in total. The zero-order valence-electron chi connectivity index (χ0n) is 16.1. The van der Waals surface area contributed by atoms with E-state index in [1.807, 2.05) is 35.7 Å². The van der Waals surface area contributed by atoms with Crippen molar-refractivity contribution < 1.29 is 14.4 Å². The lowest BCUT2D eigenvalue weighted by atomic mass is 10.2. The van der Waals surface area contributed by atoms with E-state index in [2.05, 4.69) is 10.6 Å². The molecule has 3 aromatic rings. The van der Waals surface area contributed by atoms with E-state index in [0.717, 1.165) is 23.5 Å². The molecule has 2 N–H and O–H groups in total. The van der Waals surface area contributed by atoms with Crippen LogP contribution in [-0.2, 0) is 13.2 Å². The Morgan fingerprint density at radius 3 is 2.59 bits per heavy atom. The third-order valence-electron chi connectivity index (χ3n) is 4.22. The van der Waals surface area contributed by atoms with Gasteiger partial charge in [-0.25, -0.2) is 0 Å². The fourth-order valence-electron chi connectivity index (χ4n) is 2.71. The van der Waals surface area contributed by atoms with Crippen molar-refractivity contribution >= 4 is 22.7 Å². The predicted molar refractivity (Wildman–Crippen MR) is 115 cm³/mol. The van der Waals surface area contributed by atoms with Crippen LogP contribution < -0.4 is 20.1 Å². The van der Waals surface area contributed by atoms with Crippen molar-refractivity contribution in [3.8, 4) is 11.5 Å². The number of ether oxygens (including phenoxy) is 2. The molecule has 1 aromatic heterocycles. The van der Waals surface area contributed by atoms with E-state index < -0.39 is 4.92 Å². The Balaban J connectivity index is 1.42. The number of thiophene rings is 1. The molecule has 0 aliphatic heterocycles. The first-order chi connectivity index (χ1) is 14.2. The Bertz CT molecular complexity index is 914. The van der Waals surface area contributed by atoms with Crippen LogP contribution in [0.25, 0.3) is 0 Å². The van der Waals surface area contributed by atoms with E-state index >= 15 is 0 Å². The highest BCUT2D eigenvalue weighted by Gasteiger charge is 2.07. The van der Waals surface area contributed by atoms with Gasteiger partial charge in [-0.15, -0.1) is 11.3 Å². The molecule has 0 saturated heterocycles. The van der Waals surface area contributed by atoms with Crippen LogP contribution in [0, 0.1) is 10.1 Å². The molecule has 0 unspecified atom stereocenters. The van der Waals surface area contributed by atoms with Gasteiger partial charge in [-0.1, -0.05) is 12.1 Å². The minimum Gasteiger partial charge on any atom is -0.493 e. The Morgan fingerprint density at radius 2 is 1.90 bits per heavy atom. The molecule has 0 fully saturated rings. The number of non-ortho nitro benzene ring substituents is 1. The van der Waals surface area contributed by atoms with Crippen molar-refractivity contribution in [3.63, 3.8) is 0 Å². The van der Waals surface area contributed by atoms with E-state index in [4.69, 9.17) is 9.47 Å². The minimum absolute atomic E-state index is 0.0884. The lowest BCUT2D eigenvalue weighted by molar-refractivity contribution is -0.384. The van der Waals surface area contributed by atoms with Gasteiger partial charge in [0.2, 0.25) is 0 Å². The molecule has 1 heterocycles. The summed E-state index contributed by atoms with van der Waals surface area (Å²) in [6.07, 6.45) is 0. The van der Waals surface area contributed by atoms with Gasteiger partial charge < -0.3 is 20.1 Å². The van der Waals surface area contributed by atoms with Gasteiger partial charge in [-0.2, -0.15) is 0 Å². The van der Waals surface area contributed by atoms with Crippen molar-refractivity contribution in [1.82, 2.24) is 5.32 Å². The number of anilines is 1. The second-order valence-electron chi connectivity index (χ2n) is 6.26. The van der Waals surface area contributed by atoms with Gasteiger partial charge in [-0.3, -0.25) is 10.1 Å². The zero-order valence-corrected chi connectivity index (χ0v) is 16.9. The van der Waals surface area contributed by atoms with Gasteiger partial charge in [0.05, 0.1) is 12.0 Å². The molecule has 29 heavy (non-hydrogen) atoms. The van der Waals surface area contributed by atoms with E-state index in [1.165, 1.54) is 17.0 Å². The predicted octanol–water partition coefficient (Wildman–Crippen LogP) is 4.45. The molecule has 2 aromatic carbocycles. The summed E-state index contributed by atoms with van der Waals surface area (Å²) in [7, 11) is 1.64. The number of nitro groups is 1. The summed E-state index contributed by atoms with van der Waals surface area (Å²) in [5.74, 6) is 1.44. The number of nitrogens with zero attached hydrogens (tertiary/aromatic N) is 1. The molecule has 0 radical (unpaired) electrons. The fourth-order valence-corrected chi connectivity index (χ4v) is 3.33. The molecular weight excluding hydrogens is 390 g/mol. The van der Waals surface area contributed by atoms with Gasteiger partial charge in [-0.05, 0) is 41.3 Å². The largest absolute Gasteiger partial charge is 0.493 e. The standard InChI is InChI=1S/C21H23N3O4S/c1-27-21-13-16(4-9-20(21)28-15-19-3-2-12-29-19)14-22-10-11-23-17-5-7-18(8-6-17)24(25)26/h2-9,12-13,22-23H,10-11,14-15H2,1H3. The number of benzene rings is 2. The highest BCUT2D eigenvalue weighted by atomic mass is 32.1. The maximum atomic E-state index is 10.7. The highest BCUT2D eigenvalue weighted by molar-refractivity contribution is 7.09. The molecule has 0 saturated carbocycles. The molecule has 0 atom stereocenters. The maximum Gasteiger partial charge on any atom is 0.269 e. The Morgan fingerprint density at radius 1 is 1.07 bits per heavy atom. The third-order valence-corrected chi connectivity index (χ3v) is 5.07. The number of nitro benzene ring substituents is 1. The van der Waals surface area contributed by atoms with Crippen LogP contribution in [0.1, 0.15) is 10.4 Å². The average molecular weight is 413 g/mol. The summed E-state index contributed by atoms with van der Waals surface area (Å²) in [6, 6.07) is 16.4. The van der Waals surface area contributed by atoms with E-state index in [1.54, 1.807) is 30.6 Å². The summed E-state index contributed by atoms with van der Waals surface area (Å²) >= 11 is 1.66. The van der Waals surface area contributed by atoms with E-state index in [-0.39, 0.29) is 5.69 Å². The van der Waals surface area contributed by atoms with E-state index in [9.17, 15) is 10.1 Å². The first-order valence-electron chi connectivity index (χ1n) is 9.17. The molecule has 0 bridgehead atoms. The molecule has 3 rings (SSSR count). The van der Waals surface area contributed by atoms with Crippen molar-refractivity contribution in [2.24, 2.45) is 0 Å². The third kappa shape index (κ3) is 6.20. The smallest absolute Gasteiger partial charge is 0.269 e. The molecule has 152 valence electrons. The molecular formula is C21H23N3O4S. The van der Waals surface area contributed by atoms with Crippen molar-refractivity contribution in [2.75, 3.05) is 25.5 Å². The van der Waals surface area contributed by atoms with Gasteiger partial charge in [0, 0.05) is 42.3 Å². The van der Waals surface area contributed by atoms with Crippen LogP contribution in [0.3, 0.4) is 0 Å². The molecule has 8 heteroatoms. The van der Waals surface area contributed by atoms with Crippen LogP contribution in [0.15, 0.2) is 60.0 Å². The van der Waals surface area contributed by atoms with Crippen LogP contribution in [0.4, 0.5) is 11.4 Å². The lowest BCUT2D eigenvalue weighted by Crippen LogP contribution is -2.21. The SMILES string of the molecule is COc1cc(CNCCNc2ccc([N+](=O)[O-])cc2)ccc1OCc1cccs1. The highest BCUT2D eigenvalue weighted by Crippen LogP contribution is 2.29. The normalized spacial score (nSPS) is 10.5. The van der Waals surface area contributed by atoms with Crippen molar-refractivity contribution in [2.45, 2.75) is 13.2 Å². The lowest BCUT2D eigenvalue weighted by Gasteiger charge is -2.12. The summed E-state index contributed by atoms with van der Waals surface area (Å²) in [6.45, 7) is 2.68. The van der Waals surface area contributed by atoms with E-state index in [0.29, 0.717) is 25.4 Å². The quantitative estimate of drug-likeness (QED) is 0.274. The maximum absolute atomic E-state index is 10.7. The van der Waals surface area contributed by atoms with Crippen LogP contribution in [0.2, 0.25) is 0 Å². The van der Waals surface area contributed by atoms with Gasteiger partial charge >= 0.3 is 0 Å². The molecule has 0 aliphatic carbocycles. The molecule has 0 spiro atoms. The average Bonchev–Trinajstić information content (AvgIpc) is 3.26. The van der Waals surface area contributed by atoms with Crippen LogP contribution in [-0.4, -0.2) is 25.1 Å². The number of methoxy groups -OCH3 is 1. The summed E-state index contributed by atoms with van der Waals surface area (Å²) in [5, 5.41) is 19.3. The fraction of sp³-hybridized carbons (Fsp3) is 0.238. The molecule has 0 aliphatic rings. The topological polar surface area (TPSA) is 85.7 Å². The Kier molecular flexibility index (Phi) is 7.43. The minimum atomic E-state index is -0.405. The van der Waals surface area contributed by atoms with Gasteiger partial charge in [0.15, 0.2) is 11.5 Å². The van der Waals surface area contributed by atoms with Crippen molar-refractivity contribution in [3.05, 3.63) is 80.5 Å². The monoisotopic (exact) mass is 413 g/mol. The Labute approximate surface area is 173 Å². The number of rotatable bonds is 11. The van der Waals surface area contributed by atoms with Gasteiger partial charge in [0.25, 0.3) is 5.69 Å². The van der Waals surface area contributed by atoms with Crippen LogP contribution in [0.5, 0.6) is 11.5 Å². The number of hydrogen-bond acceptors (Lipinski definition) is 7. The zero-order chi connectivity index (χ0) is 20.5. The number of hydrogen-bond donors (Lipinski definition) is 2. The summed E-state index contributed by atoms with van der Waals surface area (Å²) < 4.78 is 11.3. The Hall–Kier alpha value is -3.10. The van der Waals surface area contributed by atoms with Crippen LogP contribution >= 0.6 is 11.3 Å². The first-order valence-corrected chi connectivity index (χ1v) is 10.0. The molecule has 0 amide bonds. The summed E-state index contributed by atoms with van der Waals surface area (Å²) in [4.78, 5) is 11.4. The first kappa shape index (κ1) is 20.6. The number of nitrogens with one attached hydrogen (secondary N) is 2. The van der Waals surface area contributed by atoms with Gasteiger partial charge in [0.1, 0.15) is 6.61 Å².